The number of nitrogen functional groups attached to an aromatic ring is 2. The van der Waals surface area contributed by atoms with Crippen molar-refractivity contribution in [3.8, 4) is 0 Å². The third kappa shape index (κ3) is 8.05. The molecule has 2 aromatic rings. The highest BCUT2D eigenvalue weighted by atomic mass is 19.3. The molecule has 0 unspecified atom stereocenters. The van der Waals surface area contributed by atoms with E-state index in [-0.39, 0.29) is 11.6 Å². The lowest BCUT2D eigenvalue weighted by atomic mass is 9.84. The minimum absolute atomic E-state index is 0.0221. The van der Waals surface area contributed by atoms with Crippen molar-refractivity contribution in [3.05, 3.63) is 95.7 Å². The second-order valence-electron chi connectivity index (χ2n) is 14.5. The smallest absolute Gasteiger partial charge is 0.351 e. The van der Waals surface area contributed by atoms with Crippen LogP contribution in [0, 0.1) is 11.8 Å². The van der Waals surface area contributed by atoms with Gasteiger partial charge in [-0.15, -0.1) is 19.7 Å². The molecule has 3 saturated heterocycles. The molecule has 0 spiro atoms. The molecule has 2 aromatic heterocycles. The van der Waals surface area contributed by atoms with Crippen LogP contribution in [0.4, 0.5) is 38.0 Å². The summed E-state index contributed by atoms with van der Waals surface area (Å²) in [6.45, 7) is 15.8. The van der Waals surface area contributed by atoms with E-state index in [4.69, 9.17) is 25.7 Å². The van der Waals surface area contributed by atoms with Gasteiger partial charge in [0.05, 0.1) is 36.1 Å². The molecule has 0 aliphatic carbocycles. The summed E-state index contributed by atoms with van der Waals surface area (Å²) in [6, 6.07) is 2.42. The van der Waals surface area contributed by atoms with E-state index in [0.717, 1.165) is 40.1 Å². The van der Waals surface area contributed by atoms with Gasteiger partial charge in [0.25, 0.3) is 11.8 Å². The normalized spacial score (nSPS) is 33.6. The van der Waals surface area contributed by atoms with Gasteiger partial charge in [-0.05, 0) is 31.1 Å². The molecular formula is C38H47F6N7O9. The molecule has 6 rings (SSSR count). The second-order valence-corrected chi connectivity index (χ2v) is 14.5. The molecule has 1 amide bonds. The Morgan fingerprint density at radius 3 is 1.50 bits per heavy atom. The first-order valence-electron chi connectivity index (χ1n) is 18.4. The molecule has 4 aliphatic heterocycles. The molecule has 4 aliphatic rings. The number of nitrogens with zero attached hydrogens (tertiary/aromatic N) is 5. The predicted octanol–water partition coefficient (Wildman–Crippen LogP) is 3.49. The number of halogens is 6. The van der Waals surface area contributed by atoms with E-state index in [9.17, 15) is 55.7 Å². The Labute approximate surface area is 339 Å². The Kier molecular flexibility index (Phi) is 13.5. The number of hydrogen-bond donors (Lipinski definition) is 4. The average molecular weight is 860 g/mol. The van der Waals surface area contributed by atoms with E-state index < -0.39 is 107 Å². The minimum Gasteiger partial charge on any atom is -0.393 e. The number of ether oxygens (including phenoxy) is 3. The second kappa shape index (κ2) is 17.1. The molecule has 0 aromatic carbocycles. The van der Waals surface area contributed by atoms with Gasteiger partial charge in [0.15, 0.2) is 11.9 Å². The van der Waals surface area contributed by atoms with Crippen LogP contribution in [0.5, 0.6) is 0 Å². The van der Waals surface area contributed by atoms with Crippen molar-refractivity contribution >= 4 is 23.3 Å². The van der Waals surface area contributed by atoms with Gasteiger partial charge in [0.1, 0.15) is 17.2 Å². The van der Waals surface area contributed by atoms with Crippen LogP contribution >= 0.6 is 0 Å². The van der Waals surface area contributed by atoms with Crippen molar-refractivity contribution < 1.29 is 60.4 Å². The van der Waals surface area contributed by atoms with Crippen LogP contribution < -0.4 is 22.8 Å². The van der Waals surface area contributed by atoms with Crippen molar-refractivity contribution in [1.29, 1.82) is 0 Å². The largest absolute Gasteiger partial charge is 0.393 e. The lowest BCUT2D eigenvalue weighted by Gasteiger charge is -2.31. The molecule has 22 heteroatoms. The number of aliphatic hydroxyl groups is 2. The molecule has 330 valence electrons. The highest BCUT2D eigenvalue weighted by molar-refractivity contribution is 6.06. The summed E-state index contributed by atoms with van der Waals surface area (Å²) in [4.78, 5) is 53.8. The SMILES string of the molecule is C=C[C@]1(CC)O[C@@H](N2C=CC(=O)CC2=O)C(F)(F)[C@@H]1C.C=C[C@]1(CC)O[C@@H](n2ccc(N)nc2=O)C(F)(F)[C@@H]1C.C=C[C@]1(CO)O[C@@H](n2ccc(N)nc2=O)C(F)(F)[C@@H]1O. The average Bonchev–Trinajstić information content (AvgIpc) is 3.63. The van der Waals surface area contributed by atoms with Crippen LogP contribution in [0.25, 0.3) is 0 Å². The van der Waals surface area contributed by atoms with Crippen LogP contribution in [0.15, 0.2) is 84.4 Å². The van der Waals surface area contributed by atoms with Crippen molar-refractivity contribution in [1.82, 2.24) is 24.0 Å². The van der Waals surface area contributed by atoms with Gasteiger partial charge >= 0.3 is 17.3 Å². The monoisotopic (exact) mass is 859 g/mol. The van der Waals surface area contributed by atoms with E-state index in [0.29, 0.717) is 17.4 Å². The van der Waals surface area contributed by atoms with Crippen molar-refractivity contribution in [2.45, 2.75) is 106 Å². The Hall–Kier alpha value is -5.16. The zero-order valence-corrected chi connectivity index (χ0v) is 33.0. The van der Waals surface area contributed by atoms with Gasteiger partial charge in [0, 0.05) is 18.6 Å². The number of alkyl halides is 6. The van der Waals surface area contributed by atoms with Crippen molar-refractivity contribution in [2.24, 2.45) is 11.8 Å². The first kappa shape index (κ1) is 47.5. The number of ketones is 1. The highest BCUT2D eigenvalue weighted by Gasteiger charge is 2.67. The highest BCUT2D eigenvalue weighted by Crippen LogP contribution is 2.54. The first-order valence-corrected chi connectivity index (χ1v) is 18.4. The van der Waals surface area contributed by atoms with E-state index in [2.05, 4.69) is 29.7 Å². The number of aromatic nitrogens is 4. The maximum absolute atomic E-state index is 14.4. The number of hydrogen-bond acceptors (Lipinski definition) is 13. The maximum atomic E-state index is 14.4. The van der Waals surface area contributed by atoms with Crippen LogP contribution in [-0.4, -0.2) is 99.4 Å². The fourth-order valence-electron chi connectivity index (χ4n) is 7.22. The number of allylic oxidation sites excluding steroid dienone is 1. The van der Waals surface area contributed by atoms with Gasteiger partial charge in [-0.3, -0.25) is 23.6 Å². The molecular weight excluding hydrogens is 812 g/mol. The number of rotatable bonds is 9. The molecule has 9 atom stereocenters. The molecule has 16 nitrogen and oxygen atoms in total. The zero-order valence-electron chi connectivity index (χ0n) is 33.0. The Bertz CT molecular complexity index is 2030. The molecule has 0 bridgehead atoms. The summed E-state index contributed by atoms with van der Waals surface area (Å²) in [6.07, 6.45) is 0.330. The molecule has 6 heterocycles. The van der Waals surface area contributed by atoms with Crippen LogP contribution in [0.3, 0.4) is 0 Å². The quantitative estimate of drug-likeness (QED) is 0.161. The summed E-state index contributed by atoms with van der Waals surface area (Å²) in [5.74, 6) is -13.7. The van der Waals surface area contributed by atoms with E-state index in [1.807, 2.05) is 0 Å². The Balaban J connectivity index is 0.000000198. The maximum Gasteiger partial charge on any atom is 0.351 e. The van der Waals surface area contributed by atoms with Crippen LogP contribution in [-0.2, 0) is 23.8 Å². The molecule has 0 radical (unpaired) electrons. The van der Waals surface area contributed by atoms with Crippen LogP contribution in [0.1, 0.15) is 59.4 Å². The van der Waals surface area contributed by atoms with Gasteiger partial charge in [-0.2, -0.15) is 18.7 Å². The third-order valence-corrected chi connectivity index (χ3v) is 11.3. The predicted molar refractivity (Wildman–Crippen MR) is 202 cm³/mol. The first-order chi connectivity index (χ1) is 27.8. The van der Waals surface area contributed by atoms with Gasteiger partial charge < -0.3 is 35.9 Å². The van der Waals surface area contributed by atoms with Crippen molar-refractivity contribution in [2.75, 3.05) is 18.1 Å². The lowest BCUT2D eigenvalue weighted by Crippen LogP contribution is -2.48. The molecule has 3 fully saturated rings. The Morgan fingerprint density at radius 1 is 0.750 bits per heavy atom. The lowest BCUT2D eigenvalue weighted by molar-refractivity contribution is -0.171. The molecule has 0 saturated carbocycles. The summed E-state index contributed by atoms with van der Waals surface area (Å²) < 4.78 is 103. The topological polar surface area (TPSA) is 227 Å². The fraction of sp³-hybridized carbons (Fsp3) is 0.526. The van der Waals surface area contributed by atoms with E-state index >= 15 is 0 Å². The summed E-state index contributed by atoms with van der Waals surface area (Å²) in [7, 11) is 0. The summed E-state index contributed by atoms with van der Waals surface area (Å²) in [5, 5.41) is 18.9. The summed E-state index contributed by atoms with van der Waals surface area (Å²) >= 11 is 0. The Morgan fingerprint density at radius 2 is 1.15 bits per heavy atom. The standard InChI is InChI=1S/C14H17F2NO3.C13H17F2N3O2.C11H13F2N3O4/c1-4-13(5-2)9(3)14(15,16)12(20-13)17-7-6-10(18)8-11(17)19;1-4-12(5-2)8(3)13(14,15)10(20-12)18-7-6-9(16)17-11(18)19;1-2-10(5-17)7(18)11(12,13)8(20-10)16-4-3-6(14)15-9(16)19/h4,6-7,9,12H,1,5,8H2,2-3H3;4,6-8,10H,1,5H2,2-3H3,(H2,16,17,19);2-4,7-8,17-18H,1,5H2,(H2,14,15,19)/t9-,12-,13-;8-,10-,12-;7-,8-,10-/m111/s1. The third-order valence-electron chi connectivity index (χ3n) is 11.3. The number of aliphatic hydroxyl groups excluding tert-OH is 2. The number of carbonyl (C=O) groups excluding carboxylic acids is 2. The fourth-order valence-corrected chi connectivity index (χ4v) is 7.22. The van der Waals surface area contributed by atoms with Gasteiger partial charge in [0.2, 0.25) is 24.6 Å². The summed E-state index contributed by atoms with van der Waals surface area (Å²) in [5.41, 5.74) is 4.30. The van der Waals surface area contributed by atoms with E-state index in [1.54, 1.807) is 13.8 Å². The number of anilines is 2. The molecule has 60 heavy (non-hydrogen) atoms. The minimum atomic E-state index is -3.82. The number of carbonyl (C=O) groups is 2. The zero-order chi connectivity index (χ0) is 45.4. The number of nitrogens with two attached hydrogens (primary N) is 2. The van der Waals surface area contributed by atoms with Gasteiger partial charge in [-0.25, -0.2) is 27.2 Å². The number of amides is 1. The van der Waals surface area contributed by atoms with Crippen LogP contribution in [0.2, 0.25) is 0 Å². The van der Waals surface area contributed by atoms with Gasteiger partial charge in [-0.1, -0.05) is 45.9 Å². The van der Waals surface area contributed by atoms with Crippen molar-refractivity contribution in [3.63, 3.8) is 0 Å². The molecule has 6 N–H and O–H groups in total. The van der Waals surface area contributed by atoms with E-state index in [1.165, 1.54) is 38.3 Å².